The molecular weight excluding hydrogens is 390 g/mol. The van der Waals surface area contributed by atoms with Crippen LogP contribution in [0.2, 0.25) is 0 Å². The van der Waals surface area contributed by atoms with Crippen molar-refractivity contribution in [3.63, 3.8) is 0 Å². The number of unbranched alkanes of at least 4 members (excludes halogenated alkanes) is 1. The van der Waals surface area contributed by atoms with Crippen LogP contribution in [-0.2, 0) is 6.54 Å². The fourth-order valence-electron chi connectivity index (χ4n) is 3.67. The highest BCUT2D eigenvalue weighted by Gasteiger charge is 2.18. The van der Waals surface area contributed by atoms with Gasteiger partial charge in [-0.15, -0.1) is 0 Å². The molecule has 2 aromatic heterocycles. The van der Waals surface area contributed by atoms with Gasteiger partial charge in [-0.25, -0.2) is 4.98 Å². The molecule has 154 valence electrons. The number of nitrogens with zero attached hydrogens (tertiary/aromatic N) is 3. The van der Waals surface area contributed by atoms with E-state index in [9.17, 15) is 0 Å². The van der Waals surface area contributed by atoms with Gasteiger partial charge in [0, 0.05) is 29.4 Å². The van der Waals surface area contributed by atoms with Gasteiger partial charge < -0.3 is 10.7 Å². The maximum Gasteiger partial charge on any atom is 0.145 e. The molecular formula is C24H27N5S. The Kier molecular flexibility index (Phi) is 6.23. The van der Waals surface area contributed by atoms with Gasteiger partial charge in [0.25, 0.3) is 0 Å². The predicted octanol–water partition coefficient (Wildman–Crippen LogP) is 5.67. The van der Waals surface area contributed by atoms with Crippen molar-refractivity contribution < 1.29 is 0 Å². The van der Waals surface area contributed by atoms with Crippen molar-refractivity contribution in [1.29, 1.82) is 0 Å². The fraction of sp³-hybridized carbons (Fsp3) is 0.250. The number of nitrogen functional groups attached to an aromatic ring is 1. The van der Waals surface area contributed by atoms with Crippen LogP contribution in [0, 0.1) is 6.92 Å². The van der Waals surface area contributed by atoms with Gasteiger partial charge in [-0.3, -0.25) is 4.68 Å². The third kappa shape index (κ3) is 4.60. The zero-order valence-corrected chi connectivity index (χ0v) is 18.0. The van der Waals surface area contributed by atoms with Gasteiger partial charge in [-0.1, -0.05) is 67.1 Å². The Morgan fingerprint density at radius 2 is 1.67 bits per heavy atom. The highest BCUT2D eigenvalue weighted by molar-refractivity contribution is 7.80. The minimum Gasteiger partial charge on any atom is -0.382 e. The predicted molar refractivity (Wildman–Crippen MR) is 126 cm³/mol. The van der Waals surface area contributed by atoms with Crippen molar-refractivity contribution in [1.82, 2.24) is 19.7 Å². The molecule has 30 heavy (non-hydrogen) atoms. The molecule has 2 aromatic carbocycles. The highest BCUT2D eigenvalue weighted by Crippen LogP contribution is 2.34. The summed E-state index contributed by atoms with van der Waals surface area (Å²) in [6.45, 7) is 2.90. The van der Waals surface area contributed by atoms with Crippen LogP contribution in [-0.4, -0.2) is 19.7 Å². The minimum atomic E-state index is 0.0497. The van der Waals surface area contributed by atoms with E-state index in [0.717, 1.165) is 59.8 Å². The molecule has 0 saturated heterocycles. The van der Waals surface area contributed by atoms with Gasteiger partial charge >= 0.3 is 0 Å². The van der Waals surface area contributed by atoms with E-state index in [1.54, 1.807) is 0 Å². The van der Waals surface area contributed by atoms with E-state index in [2.05, 4.69) is 34.3 Å². The Hall–Kier alpha value is -2.99. The van der Waals surface area contributed by atoms with Crippen molar-refractivity contribution in [2.45, 2.75) is 38.0 Å². The molecule has 0 aliphatic heterocycles. The number of anilines is 1. The third-order valence-electron chi connectivity index (χ3n) is 5.25. The fourth-order valence-corrected chi connectivity index (χ4v) is 3.97. The summed E-state index contributed by atoms with van der Waals surface area (Å²) < 4.78 is 1.97. The van der Waals surface area contributed by atoms with Crippen LogP contribution in [0.4, 0.5) is 5.82 Å². The normalized spacial score (nSPS) is 12.2. The Morgan fingerprint density at radius 3 is 2.30 bits per heavy atom. The number of nitrogens with one attached hydrogen (secondary N) is 1. The maximum absolute atomic E-state index is 5.76. The Labute approximate surface area is 182 Å². The smallest absolute Gasteiger partial charge is 0.145 e. The molecule has 0 fully saturated rings. The SMILES string of the molecule is Cc1cc(N)nn1CCCCC(S)c1nc(-c2ccccc2)c(-c2ccccc2)[nH]1. The lowest BCUT2D eigenvalue weighted by molar-refractivity contribution is 0.532. The summed E-state index contributed by atoms with van der Waals surface area (Å²) in [4.78, 5) is 8.49. The number of H-pyrrole nitrogens is 1. The van der Waals surface area contributed by atoms with E-state index in [-0.39, 0.29) is 5.25 Å². The molecule has 0 saturated carbocycles. The summed E-state index contributed by atoms with van der Waals surface area (Å²) in [6, 6.07) is 22.5. The number of aromatic nitrogens is 4. The first-order valence-electron chi connectivity index (χ1n) is 10.3. The van der Waals surface area contributed by atoms with Crippen LogP contribution >= 0.6 is 12.6 Å². The molecule has 3 N–H and O–H groups in total. The molecule has 0 radical (unpaired) electrons. The van der Waals surface area contributed by atoms with Crippen molar-refractivity contribution in [3.8, 4) is 22.5 Å². The van der Waals surface area contributed by atoms with E-state index < -0.39 is 0 Å². The van der Waals surface area contributed by atoms with Gasteiger partial charge in [0.05, 0.1) is 16.6 Å². The standard InChI is InChI=1S/C24H27N5S/c1-17-16-21(25)28-29(17)15-9-8-14-20(30)24-26-22(18-10-4-2-5-11-18)23(27-24)19-12-6-3-7-13-19/h2-7,10-13,16,20,30H,8-9,14-15H2,1H3,(H2,25,28)(H,26,27). The lowest BCUT2D eigenvalue weighted by Crippen LogP contribution is -2.03. The zero-order chi connectivity index (χ0) is 20.9. The van der Waals surface area contributed by atoms with Crippen LogP contribution in [0.1, 0.15) is 36.0 Å². The number of rotatable bonds is 8. The number of hydrogen-bond acceptors (Lipinski definition) is 4. The molecule has 4 rings (SSSR count). The molecule has 0 aliphatic carbocycles. The monoisotopic (exact) mass is 417 g/mol. The van der Waals surface area contributed by atoms with Crippen molar-refractivity contribution >= 4 is 18.4 Å². The van der Waals surface area contributed by atoms with Gasteiger partial charge in [0.1, 0.15) is 11.6 Å². The molecule has 2 heterocycles. The summed E-state index contributed by atoms with van der Waals surface area (Å²) in [5, 5.41) is 4.37. The molecule has 0 bridgehead atoms. The van der Waals surface area contributed by atoms with E-state index in [1.165, 1.54) is 0 Å². The third-order valence-corrected chi connectivity index (χ3v) is 5.75. The van der Waals surface area contributed by atoms with Crippen molar-refractivity contribution in [2.24, 2.45) is 0 Å². The summed E-state index contributed by atoms with van der Waals surface area (Å²) in [5.41, 5.74) is 11.1. The van der Waals surface area contributed by atoms with Crippen LogP contribution in [0.25, 0.3) is 22.5 Å². The Balaban J connectivity index is 1.48. The second-order valence-corrected chi connectivity index (χ2v) is 8.15. The molecule has 1 atom stereocenters. The van der Waals surface area contributed by atoms with Crippen LogP contribution in [0.3, 0.4) is 0 Å². The molecule has 6 heteroatoms. The molecule has 0 aliphatic rings. The summed E-state index contributed by atoms with van der Waals surface area (Å²) in [7, 11) is 0. The van der Waals surface area contributed by atoms with Crippen LogP contribution < -0.4 is 5.73 Å². The Morgan fingerprint density at radius 1 is 1.00 bits per heavy atom. The van der Waals surface area contributed by atoms with E-state index >= 15 is 0 Å². The first kappa shape index (κ1) is 20.3. The van der Waals surface area contributed by atoms with E-state index in [0.29, 0.717) is 5.82 Å². The average molecular weight is 418 g/mol. The summed E-state index contributed by atoms with van der Waals surface area (Å²) >= 11 is 4.85. The number of aromatic amines is 1. The minimum absolute atomic E-state index is 0.0497. The van der Waals surface area contributed by atoms with Gasteiger partial charge in [-0.05, 0) is 19.8 Å². The van der Waals surface area contributed by atoms with Gasteiger partial charge in [-0.2, -0.15) is 17.7 Å². The van der Waals surface area contributed by atoms with Crippen molar-refractivity contribution in [3.05, 3.63) is 78.2 Å². The van der Waals surface area contributed by atoms with Gasteiger partial charge in [0.2, 0.25) is 0 Å². The molecule has 0 spiro atoms. The van der Waals surface area contributed by atoms with Gasteiger partial charge in [0.15, 0.2) is 0 Å². The quantitative estimate of drug-likeness (QED) is 0.255. The molecule has 5 nitrogen and oxygen atoms in total. The largest absolute Gasteiger partial charge is 0.382 e. The van der Waals surface area contributed by atoms with E-state index in [1.807, 2.05) is 54.1 Å². The lowest BCUT2D eigenvalue weighted by atomic mass is 10.1. The number of nitrogens with two attached hydrogens (primary N) is 1. The second kappa shape index (κ2) is 9.22. The average Bonchev–Trinajstić information content (AvgIpc) is 3.35. The molecule has 0 amide bonds. The first-order valence-corrected chi connectivity index (χ1v) is 10.8. The second-order valence-electron chi connectivity index (χ2n) is 7.52. The Bertz CT molecular complexity index is 1030. The number of thiol groups is 1. The van der Waals surface area contributed by atoms with Crippen molar-refractivity contribution in [2.75, 3.05) is 5.73 Å². The topological polar surface area (TPSA) is 72.5 Å². The van der Waals surface area contributed by atoms with Crippen LogP contribution in [0.15, 0.2) is 66.7 Å². The lowest BCUT2D eigenvalue weighted by Gasteiger charge is -2.08. The number of imidazole rings is 1. The summed E-state index contributed by atoms with van der Waals surface area (Å²) in [5.74, 6) is 1.49. The number of aryl methyl sites for hydroxylation is 2. The molecule has 4 aromatic rings. The number of hydrogen-bond donors (Lipinski definition) is 3. The van der Waals surface area contributed by atoms with Crippen LogP contribution in [0.5, 0.6) is 0 Å². The maximum atomic E-state index is 5.76. The number of benzene rings is 2. The van der Waals surface area contributed by atoms with E-state index in [4.69, 9.17) is 23.3 Å². The first-order chi connectivity index (χ1) is 14.6. The molecule has 1 unspecified atom stereocenters. The summed E-state index contributed by atoms with van der Waals surface area (Å²) in [6.07, 6.45) is 3.00. The highest BCUT2D eigenvalue weighted by atomic mass is 32.1. The zero-order valence-electron chi connectivity index (χ0n) is 17.1.